The van der Waals surface area contributed by atoms with Crippen LogP contribution < -0.4 is 5.32 Å². The zero-order valence-electron chi connectivity index (χ0n) is 18.1. The molecule has 4 amide bonds. The average Bonchev–Trinajstić information content (AvgIpc) is 3.36. The van der Waals surface area contributed by atoms with Crippen LogP contribution >= 0.6 is 0 Å². The molecule has 0 unspecified atom stereocenters. The number of benzene rings is 1. The summed E-state index contributed by atoms with van der Waals surface area (Å²) in [7, 11) is 0. The number of carbonyl (C=O) groups excluding carboxylic acids is 3. The maximum atomic E-state index is 13.0. The maximum absolute atomic E-state index is 13.0. The number of imide groups is 2. The number of nitrogens with zero attached hydrogens (tertiary/aromatic N) is 3. The van der Waals surface area contributed by atoms with Gasteiger partial charge in [-0.3, -0.25) is 29.9 Å². The molecule has 1 aliphatic rings. The van der Waals surface area contributed by atoms with Crippen molar-refractivity contribution in [2.75, 3.05) is 0 Å². The lowest BCUT2D eigenvalue weighted by molar-refractivity contribution is -0.384. The molecule has 10 nitrogen and oxygen atoms in total. The number of rotatable bonds is 5. The first-order chi connectivity index (χ1) is 15.7. The van der Waals surface area contributed by atoms with Crippen LogP contribution in [0.15, 0.2) is 52.7 Å². The zero-order chi connectivity index (χ0) is 23.9. The number of non-ortho nitro benzene ring substituents is 1. The molecule has 4 rings (SSSR count). The number of amides is 4. The standard InChI is InChI=1S/C23H20N4O6/c1-13-9-17(27(31)32)6-7-20(13)26-14(2)10-16(15(26)3)11-19-21(28)24-23(30)25(22(19)29)12-18-5-4-8-33-18/h4-11H,12H2,1-3H3,(H,24,28,30)/b19-11+. The van der Waals surface area contributed by atoms with Gasteiger partial charge in [0, 0.05) is 29.2 Å². The van der Waals surface area contributed by atoms with Crippen LogP contribution in [0.2, 0.25) is 0 Å². The summed E-state index contributed by atoms with van der Waals surface area (Å²) in [5.41, 5.74) is 3.40. The number of hydrogen-bond donors (Lipinski definition) is 1. The lowest BCUT2D eigenvalue weighted by Crippen LogP contribution is -2.53. The summed E-state index contributed by atoms with van der Waals surface area (Å²) in [4.78, 5) is 49.2. The predicted molar refractivity (Wildman–Crippen MR) is 117 cm³/mol. The topological polar surface area (TPSA) is 128 Å². The molecule has 1 saturated heterocycles. The van der Waals surface area contributed by atoms with E-state index in [0.717, 1.165) is 22.0 Å². The Morgan fingerprint density at radius 2 is 1.88 bits per heavy atom. The van der Waals surface area contributed by atoms with Crippen molar-refractivity contribution in [1.82, 2.24) is 14.8 Å². The lowest BCUT2D eigenvalue weighted by atomic mass is 10.1. The van der Waals surface area contributed by atoms with Gasteiger partial charge < -0.3 is 8.98 Å². The van der Waals surface area contributed by atoms with Crippen molar-refractivity contribution in [3.63, 3.8) is 0 Å². The van der Waals surface area contributed by atoms with Crippen molar-refractivity contribution >= 4 is 29.6 Å². The molecule has 168 valence electrons. The number of furan rings is 1. The van der Waals surface area contributed by atoms with Crippen LogP contribution in [0.25, 0.3) is 11.8 Å². The molecule has 33 heavy (non-hydrogen) atoms. The van der Waals surface area contributed by atoms with E-state index < -0.39 is 22.8 Å². The Hall–Kier alpha value is -4.47. The Morgan fingerprint density at radius 1 is 1.12 bits per heavy atom. The predicted octanol–water partition coefficient (Wildman–Crippen LogP) is 3.57. The van der Waals surface area contributed by atoms with Gasteiger partial charge in [-0.15, -0.1) is 0 Å². The smallest absolute Gasteiger partial charge is 0.331 e. The molecule has 1 fully saturated rings. The third-order valence-electron chi connectivity index (χ3n) is 5.48. The fraction of sp³-hybridized carbons (Fsp3) is 0.174. The third-order valence-corrected chi connectivity index (χ3v) is 5.48. The van der Waals surface area contributed by atoms with Crippen molar-refractivity contribution in [3.8, 4) is 5.69 Å². The Balaban J connectivity index is 1.72. The Morgan fingerprint density at radius 3 is 2.52 bits per heavy atom. The van der Waals surface area contributed by atoms with Gasteiger partial charge in [0.1, 0.15) is 11.3 Å². The number of nitro groups is 1. The minimum Gasteiger partial charge on any atom is -0.467 e. The summed E-state index contributed by atoms with van der Waals surface area (Å²) in [5, 5.41) is 13.2. The van der Waals surface area contributed by atoms with E-state index in [1.54, 1.807) is 31.2 Å². The van der Waals surface area contributed by atoms with E-state index in [9.17, 15) is 24.5 Å². The van der Waals surface area contributed by atoms with E-state index >= 15 is 0 Å². The molecular formula is C23H20N4O6. The minimum absolute atomic E-state index is 0.00755. The highest BCUT2D eigenvalue weighted by atomic mass is 16.6. The molecule has 0 saturated carbocycles. The first-order valence-corrected chi connectivity index (χ1v) is 10.0. The summed E-state index contributed by atoms with van der Waals surface area (Å²) in [6, 6.07) is 8.83. The first kappa shape index (κ1) is 21.8. The highest BCUT2D eigenvalue weighted by Gasteiger charge is 2.36. The van der Waals surface area contributed by atoms with E-state index in [2.05, 4.69) is 5.32 Å². The van der Waals surface area contributed by atoms with Crippen molar-refractivity contribution in [1.29, 1.82) is 0 Å². The molecule has 0 bridgehead atoms. The molecule has 0 atom stereocenters. The summed E-state index contributed by atoms with van der Waals surface area (Å²) in [6.07, 6.45) is 2.87. The molecule has 0 radical (unpaired) electrons. The largest absolute Gasteiger partial charge is 0.467 e. The van der Waals surface area contributed by atoms with Crippen LogP contribution in [-0.4, -0.2) is 32.2 Å². The van der Waals surface area contributed by atoms with Gasteiger partial charge in [0.15, 0.2) is 0 Å². The Labute approximate surface area is 188 Å². The van der Waals surface area contributed by atoms with Gasteiger partial charge in [0.05, 0.1) is 17.7 Å². The molecule has 3 heterocycles. The van der Waals surface area contributed by atoms with Gasteiger partial charge in [-0.2, -0.15) is 0 Å². The van der Waals surface area contributed by atoms with Crippen molar-refractivity contribution < 1.29 is 23.7 Å². The van der Waals surface area contributed by atoms with E-state index in [-0.39, 0.29) is 17.8 Å². The zero-order valence-corrected chi connectivity index (χ0v) is 18.1. The molecule has 10 heteroatoms. The number of hydrogen-bond acceptors (Lipinski definition) is 6. The number of aryl methyl sites for hydroxylation is 2. The quantitative estimate of drug-likeness (QED) is 0.275. The van der Waals surface area contributed by atoms with Crippen LogP contribution in [-0.2, 0) is 16.1 Å². The summed E-state index contributed by atoms with van der Waals surface area (Å²) in [6.45, 7) is 5.33. The average molecular weight is 448 g/mol. The molecule has 1 aliphatic heterocycles. The van der Waals surface area contributed by atoms with Crippen LogP contribution in [0.3, 0.4) is 0 Å². The van der Waals surface area contributed by atoms with Crippen LogP contribution in [0, 0.1) is 30.9 Å². The summed E-state index contributed by atoms with van der Waals surface area (Å²) < 4.78 is 7.10. The van der Waals surface area contributed by atoms with E-state index in [0.29, 0.717) is 16.9 Å². The highest BCUT2D eigenvalue weighted by Crippen LogP contribution is 2.28. The van der Waals surface area contributed by atoms with Gasteiger partial charge in [0.2, 0.25) is 0 Å². The Bertz CT molecular complexity index is 1330. The van der Waals surface area contributed by atoms with E-state index in [4.69, 9.17) is 4.42 Å². The maximum Gasteiger partial charge on any atom is 0.331 e. The van der Waals surface area contributed by atoms with Crippen molar-refractivity contribution in [2.24, 2.45) is 0 Å². The van der Waals surface area contributed by atoms with Crippen LogP contribution in [0.5, 0.6) is 0 Å². The fourth-order valence-electron chi connectivity index (χ4n) is 3.86. The monoisotopic (exact) mass is 448 g/mol. The molecule has 1 aromatic carbocycles. The number of nitro benzene ring substituents is 1. The SMILES string of the molecule is Cc1cc([N+](=O)[O-])ccc1-n1c(C)cc(/C=C2\C(=O)NC(=O)N(Cc3ccco3)C2=O)c1C. The number of barbiturate groups is 1. The second-order valence-corrected chi connectivity index (χ2v) is 7.68. The molecule has 3 aromatic rings. The Kier molecular flexibility index (Phi) is 5.42. The van der Waals surface area contributed by atoms with E-state index in [1.165, 1.54) is 24.5 Å². The number of aromatic nitrogens is 1. The fourth-order valence-corrected chi connectivity index (χ4v) is 3.86. The molecular weight excluding hydrogens is 428 g/mol. The summed E-state index contributed by atoms with van der Waals surface area (Å²) >= 11 is 0. The second-order valence-electron chi connectivity index (χ2n) is 7.68. The van der Waals surface area contributed by atoms with Crippen LogP contribution in [0.1, 0.15) is 28.3 Å². The van der Waals surface area contributed by atoms with Gasteiger partial charge in [0.25, 0.3) is 17.5 Å². The van der Waals surface area contributed by atoms with Crippen molar-refractivity contribution in [3.05, 3.63) is 86.6 Å². The van der Waals surface area contributed by atoms with E-state index in [1.807, 2.05) is 18.4 Å². The van der Waals surface area contributed by atoms with Gasteiger partial charge in [-0.1, -0.05) is 0 Å². The van der Waals surface area contributed by atoms with Gasteiger partial charge in [-0.25, -0.2) is 4.79 Å². The molecule has 0 aliphatic carbocycles. The lowest BCUT2D eigenvalue weighted by Gasteiger charge is -2.25. The number of nitrogens with one attached hydrogen (secondary N) is 1. The highest BCUT2D eigenvalue weighted by molar-refractivity contribution is 6.31. The van der Waals surface area contributed by atoms with Crippen LogP contribution in [0.4, 0.5) is 10.5 Å². The molecule has 0 spiro atoms. The normalized spacial score (nSPS) is 15.3. The van der Waals surface area contributed by atoms with Crippen molar-refractivity contribution in [2.45, 2.75) is 27.3 Å². The molecule has 1 N–H and O–H groups in total. The third kappa shape index (κ3) is 3.93. The number of urea groups is 1. The molecule has 2 aromatic heterocycles. The second kappa shape index (κ2) is 8.23. The first-order valence-electron chi connectivity index (χ1n) is 10.0. The number of carbonyl (C=O) groups is 3. The van der Waals surface area contributed by atoms with Gasteiger partial charge in [-0.05, 0) is 62.2 Å². The van der Waals surface area contributed by atoms with Gasteiger partial charge >= 0.3 is 6.03 Å². The summed E-state index contributed by atoms with van der Waals surface area (Å²) in [5.74, 6) is -1.10. The minimum atomic E-state index is -0.814.